The molecule has 1 aliphatic heterocycles. The molecule has 3 aromatic rings. The fourth-order valence-electron chi connectivity index (χ4n) is 3.38. The number of pyridine rings is 1. The Balaban J connectivity index is 1.89. The second kappa shape index (κ2) is 7.03. The Labute approximate surface area is 158 Å². The van der Waals surface area contributed by atoms with Gasteiger partial charge in [-0.25, -0.2) is 15.0 Å². The van der Waals surface area contributed by atoms with Gasteiger partial charge in [-0.2, -0.15) is 0 Å². The largest absolute Gasteiger partial charge is 0.393 e. The highest BCUT2D eigenvalue weighted by molar-refractivity contribution is 5.92. The number of ether oxygens (including phenoxy) is 1. The molecule has 3 aromatic heterocycles. The Morgan fingerprint density at radius 2 is 2.19 bits per heavy atom. The van der Waals surface area contributed by atoms with Crippen LogP contribution in [0, 0.1) is 0 Å². The molecule has 1 saturated heterocycles. The molecular weight excluding hydrogens is 342 g/mol. The van der Waals surface area contributed by atoms with Gasteiger partial charge in [0.05, 0.1) is 19.3 Å². The topological polar surface area (TPSA) is 105 Å². The molecule has 0 aliphatic carbocycles. The fraction of sp³-hybridized carbons (Fsp3) is 0.421. The van der Waals surface area contributed by atoms with Crippen LogP contribution < -0.4 is 16.0 Å². The van der Waals surface area contributed by atoms with E-state index in [0.29, 0.717) is 30.5 Å². The summed E-state index contributed by atoms with van der Waals surface area (Å²) in [7, 11) is 0. The van der Waals surface area contributed by atoms with E-state index in [1.54, 1.807) is 6.20 Å². The Kier molecular flexibility index (Phi) is 4.57. The van der Waals surface area contributed by atoms with Crippen molar-refractivity contribution in [1.29, 1.82) is 0 Å². The lowest BCUT2D eigenvalue weighted by molar-refractivity contribution is 0.0986. The lowest BCUT2D eigenvalue weighted by Gasteiger charge is -2.35. The number of rotatable bonds is 4. The quantitative estimate of drug-likeness (QED) is 0.651. The number of nitrogens with zero attached hydrogens (tertiary/aromatic N) is 4. The van der Waals surface area contributed by atoms with E-state index in [-0.39, 0.29) is 12.1 Å². The summed E-state index contributed by atoms with van der Waals surface area (Å²) in [6, 6.07) is 4.33. The molecule has 142 valence electrons. The van der Waals surface area contributed by atoms with Gasteiger partial charge in [0.1, 0.15) is 11.3 Å². The van der Waals surface area contributed by atoms with Crippen molar-refractivity contribution in [2.24, 2.45) is 0 Å². The number of fused-ring (bicyclic) bond motifs is 1. The summed E-state index contributed by atoms with van der Waals surface area (Å²) in [5.74, 6) is 2.04. The zero-order valence-corrected chi connectivity index (χ0v) is 15.9. The first-order valence-corrected chi connectivity index (χ1v) is 9.25. The summed E-state index contributed by atoms with van der Waals surface area (Å²) in [4.78, 5) is 19.3. The monoisotopic (exact) mass is 367 g/mol. The molecule has 0 saturated carbocycles. The summed E-state index contributed by atoms with van der Waals surface area (Å²) >= 11 is 0. The molecule has 27 heavy (non-hydrogen) atoms. The van der Waals surface area contributed by atoms with Gasteiger partial charge >= 0.3 is 0 Å². The lowest BCUT2D eigenvalue weighted by atomic mass is 10.1. The van der Waals surface area contributed by atoms with Crippen LogP contribution >= 0.6 is 0 Å². The number of hydrogen-bond acceptors (Lipinski definition) is 7. The van der Waals surface area contributed by atoms with Crippen LogP contribution in [0.25, 0.3) is 22.4 Å². The van der Waals surface area contributed by atoms with E-state index >= 15 is 0 Å². The molecule has 1 fully saturated rings. The second-order valence-electron chi connectivity index (χ2n) is 7.15. The second-order valence-corrected chi connectivity index (χ2v) is 7.15. The summed E-state index contributed by atoms with van der Waals surface area (Å²) in [5, 5.41) is 4.35. The van der Waals surface area contributed by atoms with Gasteiger partial charge in [0.15, 0.2) is 17.5 Å². The Hall–Kier alpha value is -2.87. The number of nitrogens with two attached hydrogens (primary N) is 1. The molecule has 0 spiro atoms. The summed E-state index contributed by atoms with van der Waals surface area (Å²) < 4.78 is 5.58. The fourth-order valence-corrected chi connectivity index (χ4v) is 3.38. The van der Waals surface area contributed by atoms with Crippen LogP contribution in [0.5, 0.6) is 0 Å². The third-order valence-electron chi connectivity index (χ3n) is 4.69. The van der Waals surface area contributed by atoms with Crippen molar-refractivity contribution in [2.45, 2.75) is 32.9 Å². The van der Waals surface area contributed by atoms with Crippen LogP contribution in [0.4, 0.5) is 17.3 Å². The highest BCUT2D eigenvalue weighted by Gasteiger charge is 2.25. The van der Waals surface area contributed by atoms with Gasteiger partial charge in [-0.05, 0) is 32.9 Å². The van der Waals surface area contributed by atoms with Gasteiger partial charge in [0.2, 0.25) is 0 Å². The number of anilines is 3. The zero-order chi connectivity index (χ0) is 19.0. The van der Waals surface area contributed by atoms with E-state index < -0.39 is 0 Å². The third-order valence-corrected chi connectivity index (χ3v) is 4.69. The van der Waals surface area contributed by atoms with Gasteiger partial charge < -0.3 is 25.7 Å². The van der Waals surface area contributed by atoms with Crippen molar-refractivity contribution in [3.05, 3.63) is 24.5 Å². The average Bonchev–Trinajstić information content (AvgIpc) is 3.12. The van der Waals surface area contributed by atoms with Crippen LogP contribution in [0.3, 0.4) is 0 Å². The SMILES string of the molecule is CC(C)Nc1nc(-c2ccnc3[nH]ccc23)nc(N2CCOC[C@H]2C)c1N. The minimum absolute atomic E-state index is 0.195. The van der Waals surface area contributed by atoms with Crippen molar-refractivity contribution >= 4 is 28.4 Å². The first-order valence-electron chi connectivity index (χ1n) is 9.25. The van der Waals surface area contributed by atoms with Crippen molar-refractivity contribution < 1.29 is 4.74 Å². The summed E-state index contributed by atoms with van der Waals surface area (Å²) in [6.45, 7) is 8.31. The molecule has 4 rings (SSSR count). The lowest BCUT2D eigenvalue weighted by Crippen LogP contribution is -2.44. The Morgan fingerprint density at radius 1 is 1.33 bits per heavy atom. The number of aromatic amines is 1. The first kappa shape index (κ1) is 17.5. The smallest absolute Gasteiger partial charge is 0.164 e. The van der Waals surface area contributed by atoms with Gasteiger partial charge in [-0.3, -0.25) is 0 Å². The summed E-state index contributed by atoms with van der Waals surface area (Å²) in [6.07, 6.45) is 3.64. The van der Waals surface area contributed by atoms with E-state index in [1.165, 1.54) is 0 Å². The maximum absolute atomic E-state index is 6.48. The molecule has 8 heteroatoms. The zero-order valence-electron chi connectivity index (χ0n) is 15.9. The van der Waals surface area contributed by atoms with Crippen LogP contribution in [-0.4, -0.2) is 51.8 Å². The minimum Gasteiger partial charge on any atom is -0.393 e. The normalized spacial score (nSPS) is 17.6. The molecule has 8 nitrogen and oxygen atoms in total. The number of H-pyrrole nitrogens is 1. The summed E-state index contributed by atoms with van der Waals surface area (Å²) in [5.41, 5.74) is 8.78. The van der Waals surface area contributed by atoms with E-state index in [2.05, 4.69) is 41.0 Å². The van der Waals surface area contributed by atoms with Gasteiger partial charge in [0, 0.05) is 35.9 Å². The number of nitrogens with one attached hydrogen (secondary N) is 2. The molecule has 1 atom stereocenters. The van der Waals surface area contributed by atoms with Crippen molar-refractivity contribution in [3.8, 4) is 11.4 Å². The molecule has 0 unspecified atom stereocenters. The number of morpholine rings is 1. The van der Waals surface area contributed by atoms with E-state index in [9.17, 15) is 0 Å². The first-order chi connectivity index (χ1) is 13.0. The molecule has 0 bridgehead atoms. The molecule has 0 amide bonds. The number of aromatic nitrogens is 4. The molecule has 4 N–H and O–H groups in total. The van der Waals surface area contributed by atoms with Crippen molar-refractivity contribution in [3.63, 3.8) is 0 Å². The number of nitrogen functional groups attached to an aromatic ring is 1. The predicted molar refractivity (Wildman–Crippen MR) is 108 cm³/mol. The highest BCUT2D eigenvalue weighted by Crippen LogP contribution is 2.34. The standard InChI is InChI=1S/C19H25N7O/c1-11(2)23-18-15(20)19(26-8-9-27-10-12(26)3)25-17(24-18)14-5-7-22-16-13(14)4-6-21-16/h4-7,11-12H,8-10,20H2,1-3H3,(H,21,22)(H,23,24,25)/t12-/m1/s1. The Morgan fingerprint density at radius 3 is 2.96 bits per heavy atom. The van der Waals surface area contributed by atoms with Crippen LogP contribution in [0.15, 0.2) is 24.5 Å². The third kappa shape index (κ3) is 3.28. The highest BCUT2D eigenvalue weighted by atomic mass is 16.5. The van der Waals surface area contributed by atoms with Crippen LogP contribution in [0.1, 0.15) is 20.8 Å². The van der Waals surface area contributed by atoms with Gasteiger partial charge in [-0.15, -0.1) is 0 Å². The maximum atomic E-state index is 6.48. The molecular formula is C19H25N7O. The van der Waals surface area contributed by atoms with Crippen LogP contribution in [-0.2, 0) is 4.74 Å². The maximum Gasteiger partial charge on any atom is 0.164 e. The predicted octanol–water partition coefficient (Wildman–Crippen LogP) is 2.65. The molecule has 4 heterocycles. The van der Waals surface area contributed by atoms with Crippen molar-refractivity contribution in [1.82, 2.24) is 19.9 Å². The van der Waals surface area contributed by atoms with E-state index in [1.807, 2.05) is 18.3 Å². The molecule has 0 radical (unpaired) electrons. The molecule has 0 aromatic carbocycles. The van der Waals surface area contributed by atoms with Crippen molar-refractivity contribution in [2.75, 3.05) is 35.7 Å². The van der Waals surface area contributed by atoms with Crippen LogP contribution in [0.2, 0.25) is 0 Å². The van der Waals surface area contributed by atoms with Gasteiger partial charge in [0.25, 0.3) is 0 Å². The van der Waals surface area contributed by atoms with E-state index in [0.717, 1.165) is 29.0 Å². The average molecular weight is 367 g/mol. The Bertz CT molecular complexity index is 952. The van der Waals surface area contributed by atoms with Gasteiger partial charge in [-0.1, -0.05) is 0 Å². The number of hydrogen-bond donors (Lipinski definition) is 3. The molecule has 1 aliphatic rings. The minimum atomic E-state index is 0.195. The van der Waals surface area contributed by atoms with E-state index in [4.69, 9.17) is 20.4 Å².